The molecule has 0 aliphatic heterocycles. The summed E-state index contributed by atoms with van der Waals surface area (Å²) in [4.78, 5) is 38.1. The molecule has 0 fully saturated rings. The van der Waals surface area contributed by atoms with E-state index in [0.717, 1.165) is 57.8 Å². The highest BCUT2D eigenvalue weighted by atomic mass is 16.6. The van der Waals surface area contributed by atoms with Crippen molar-refractivity contribution < 1.29 is 28.6 Å². The van der Waals surface area contributed by atoms with Crippen LogP contribution in [-0.2, 0) is 28.6 Å². The monoisotopic (exact) mass is 1130 g/mol. The number of allylic oxidation sites excluding steroid dienone is 2. The van der Waals surface area contributed by atoms with E-state index >= 15 is 0 Å². The SMILES string of the molecule is CCCCCCCCCC/C=C\CCCCCCCCCCCCCCCCCCCC(=O)OCC(COC(=O)CCCCCCCC)OC(=O)CCCCCCCCCCCCCCCCCCCCCCCCCCCCC. The summed E-state index contributed by atoms with van der Waals surface area (Å²) in [6, 6.07) is 0. The summed E-state index contributed by atoms with van der Waals surface area (Å²) in [5.74, 6) is -0.840. The van der Waals surface area contributed by atoms with Gasteiger partial charge in [-0.25, -0.2) is 0 Å². The average Bonchev–Trinajstić information content (AvgIpc) is 3.46. The molecule has 1 atom stereocenters. The molecule has 6 nitrogen and oxygen atoms in total. The Labute approximate surface area is 501 Å². The maximum atomic E-state index is 12.9. The molecule has 0 saturated heterocycles. The van der Waals surface area contributed by atoms with Crippen LogP contribution in [0.1, 0.15) is 425 Å². The van der Waals surface area contributed by atoms with Crippen LogP contribution < -0.4 is 0 Å². The molecular weight excluding hydrogens is 985 g/mol. The second kappa shape index (κ2) is 69.6. The van der Waals surface area contributed by atoms with E-state index in [4.69, 9.17) is 14.2 Å². The lowest BCUT2D eigenvalue weighted by Gasteiger charge is -2.18. The van der Waals surface area contributed by atoms with Gasteiger partial charge in [0.15, 0.2) is 6.10 Å². The minimum absolute atomic E-state index is 0.0633. The van der Waals surface area contributed by atoms with Crippen molar-refractivity contribution in [2.75, 3.05) is 13.2 Å². The van der Waals surface area contributed by atoms with Gasteiger partial charge in [-0.1, -0.05) is 373 Å². The summed E-state index contributed by atoms with van der Waals surface area (Å²) in [7, 11) is 0. The van der Waals surface area contributed by atoms with Gasteiger partial charge in [-0.15, -0.1) is 0 Å². The molecular formula is C74H142O6. The van der Waals surface area contributed by atoms with Crippen molar-refractivity contribution in [1.29, 1.82) is 0 Å². The minimum Gasteiger partial charge on any atom is -0.462 e. The number of carbonyl (C=O) groups is 3. The lowest BCUT2D eigenvalue weighted by Crippen LogP contribution is -2.30. The second-order valence-electron chi connectivity index (χ2n) is 25.2. The van der Waals surface area contributed by atoms with Gasteiger partial charge in [0, 0.05) is 19.3 Å². The highest BCUT2D eigenvalue weighted by Gasteiger charge is 2.20. The van der Waals surface area contributed by atoms with Gasteiger partial charge in [0.1, 0.15) is 13.2 Å². The molecule has 0 spiro atoms. The summed E-state index contributed by atoms with van der Waals surface area (Å²) in [5.41, 5.74) is 0. The number of esters is 3. The van der Waals surface area contributed by atoms with Crippen LogP contribution in [0.25, 0.3) is 0 Å². The van der Waals surface area contributed by atoms with Gasteiger partial charge >= 0.3 is 17.9 Å². The number of hydrogen-bond donors (Lipinski definition) is 0. The maximum absolute atomic E-state index is 12.9. The Morgan fingerprint density at radius 2 is 0.412 bits per heavy atom. The third-order valence-electron chi connectivity index (χ3n) is 17.0. The van der Waals surface area contributed by atoms with Crippen LogP contribution in [0.4, 0.5) is 0 Å². The van der Waals surface area contributed by atoms with Gasteiger partial charge in [-0.05, 0) is 44.9 Å². The van der Waals surface area contributed by atoms with Crippen molar-refractivity contribution >= 4 is 17.9 Å². The Bertz CT molecular complexity index is 1250. The summed E-state index contributed by atoms with van der Waals surface area (Å²) in [5, 5.41) is 0. The van der Waals surface area contributed by atoms with E-state index in [1.54, 1.807) is 0 Å². The highest BCUT2D eigenvalue weighted by Crippen LogP contribution is 2.19. The van der Waals surface area contributed by atoms with Crippen LogP contribution in [0.2, 0.25) is 0 Å². The minimum atomic E-state index is -0.763. The lowest BCUT2D eigenvalue weighted by atomic mass is 10.0. The smallest absolute Gasteiger partial charge is 0.306 e. The zero-order chi connectivity index (χ0) is 57.8. The van der Waals surface area contributed by atoms with Gasteiger partial charge in [0.05, 0.1) is 0 Å². The second-order valence-corrected chi connectivity index (χ2v) is 25.2. The fourth-order valence-electron chi connectivity index (χ4n) is 11.5. The molecule has 0 amide bonds. The molecule has 80 heavy (non-hydrogen) atoms. The van der Waals surface area contributed by atoms with Gasteiger partial charge in [-0.3, -0.25) is 14.4 Å². The van der Waals surface area contributed by atoms with E-state index < -0.39 is 6.10 Å². The van der Waals surface area contributed by atoms with Crippen molar-refractivity contribution in [3.05, 3.63) is 12.2 Å². The molecule has 0 aromatic heterocycles. The van der Waals surface area contributed by atoms with E-state index in [0.29, 0.717) is 19.3 Å². The van der Waals surface area contributed by atoms with Crippen molar-refractivity contribution in [3.63, 3.8) is 0 Å². The van der Waals surface area contributed by atoms with Gasteiger partial charge in [-0.2, -0.15) is 0 Å². The number of rotatable bonds is 69. The van der Waals surface area contributed by atoms with Gasteiger partial charge in [0.2, 0.25) is 0 Å². The van der Waals surface area contributed by atoms with E-state index in [9.17, 15) is 14.4 Å². The van der Waals surface area contributed by atoms with Gasteiger partial charge < -0.3 is 14.2 Å². The highest BCUT2D eigenvalue weighted by molar-refractivity contribution is 5.71. The Balaban J connectivity index is 3.93. The first-order valence-electron chi connectivity index (χ1n) is 36.7. The van der Waals surface area contributed by atoms with E-state index in [1.807, 2.05) is 0 Å². The molecule has 474 valence electrons. The molecule has 0 bridgehead atoms. The molecule has 0 N–H and O–H groups in total. The number of hydrogen-bond acceptors (Lipinski definition) is 6. The largest absolute Gasteiger partial charge is 0.462 e. The van der Waals surface area contributed by atoms with E-state index in [1.165, 1.54) is 327 Å². The number of ether oxygens (including phenoxy) is 3. The molecule has 0 rings (SSSR count). The van der Waals surface area contributed by atoms with Crippen LogP contribution in [0.15, 0.2) is 12.2 Å². The van der Waals surface area contributed by atoms with E-state index in [-0.39, 0.29) is 31.1 Å². The van der Waals surface area contributed by atoms with E-state index in [2.05, 4.69) is 32.9 Å². The van der Waals surface area contributed by atoms with Crippen molar-refractivity contribution in [1.82, 2.24) is 0 Å². The van der Waals surface area contributed by atoms with Crippen LogP contribution in [0, 0.1) is 0 Å². The summed E-state index contributed by atoms with van der Waals surface area (Å²) < 4.78 is 16.9. The average molecular weight is 1130 g/mol. The maximum Gasteiger partial charge on any atom is 0.306 e. The predicted molar refractivity (Wildman–Crippen MR) is 349 cm³/mol. The Hall–Kier alpha value is -1.85. The quantitative estimate of drug-likeness (QED) is 0.0261. The molecule has 0 aromatic rings. The normalized spacial score (nSPS) is 12.0. The number of unbranched alkanes of at least 4 members (excludes halogenated alkanes) is 56. The fourth-order valence-corrected chi connectivity index (χ4v) is 11.5. The predicted octanol–water partition coefficient (Wildman–Crippen LogP) is 25.2. The van der Waals surface area contributed by atoms with Crippen molar-refractivity contribution in [3.8, 4) is 0 Å². The summed E-state index contributed by atoms with van der Waals surface area (Å²) >= 11 is 0. The van der Waals surface area contributed by atoms with Gasteiger partial charge in [0.25, 0.3) is 0 Å². The molecule has 0 aliphatic carbocycles. The lowest BCUT2D eigenvalue weighted by molar-refractivity contribution is -0.167. The third-order valence-corrected chi connectivity index (χ3v) is 17.0. The zero-order valence-corrected chi connectivity index (χ0v) is 54.6. The van der Waals surface area contributed by atoms with Crippen LogP contribution in [0.5, 0.6) is 0 Å². The van der Waals surface area contributed by atoms with Crippen LogP contribution >= 0.6 is 0 Å². The molecule has 0 saturated carbocycles. The topological polar surface area (TPSA) is 78.9 Å². The molecule has 0 aliphatic rings. The molecule has 0 heterocycles. The molecule has 1 unspecified atom stereocenters. The summed E-state index contributed by atoms with van der Waals surface area (Å²) in [6.45, 7) is 6.67. The first kappa shape index (κ1) is 78.1. The van der Waals surface area contributed by atoms with Crippen LogP contribution in [-0.4, -0.2) is 37.2 Å². The summed E-state index contributed by atoms with van der Waals surface area (Å²) in [6.07, 6.45) is 84.5. The standard InChI is InChI=1S/C74H142O6/c1-4-7-10-13-16-18-20-22-24-26-28-30-32-34-36-37-39-40-42-44-46-48-50-52-54-56-58-61-64-67-73(76)79-70-71(69-78-72(75)66-63-60-15-12-9-6-3)80-74(77)68-65-62-59-57-55-53-51-49-47-45-43-41-38-35-33-31-29-27-25-23-21-19-17-14-11-8-5-2/h26,28,71H,4-25,27,29-70H2,1-3H3/b28-26-. The molecule has 0 radical (unpaired) electrons. The zero-order valence-electron chi connectivity index (χ0n) is 54.6. The fraction of sp³-hybridized carbons (Fsp3) is 0.932. The molecule has 0 aromatic carbocycles. The van der Waals surface area contributed by atoms with Crippen molar-refractivity contribution in [2.45, 2.75) is 431 Å². The van der Waals surface area contributed by atoms with Crippen molar-refractivity contribution in [2.24, 2.45) is 0 Å². The first-order valence-corrected chi connectivity index (χ1v) is 36.7. The number of carbonyl (C=O) groups excluding carboxylic acids is 3. The molecule has 6 heteroatoms. The Kier molecular flexibility index (Phi) is 68.0. The first-order chi connectivity index (χ1) is 39.5. The Morgan fingerprint density at radius 3 is 0.625 bits per heavy atom. The van der Waals surface area contributed by atoms with Crippen LogP contribution in [0.3, 0.4) is 0 Å². The third kappa shape index (κ3) is 66.9. The Morgan fingerprint density at radius 1 is 0.237 bits per heavy atom.